The van der Waals surface area contributed by atoms with Gasteiger partial charge in [-0.05, 0) is 18.2 Å². The number of nitrogens with zero attached hydrogens (tertiary/aromatic N) is 1. The minimum Gasteiger partial charge on any atom is -0.495 e. The Bertz CT molecular complexity index is 362. The number of benzene rings is 1. The molecular formula is C10H13N3OS. The highest BCUT2D eigenvalue weighted by Crippen LogP contribution is 2.21. The van der Waals surface area contributed by atoms with Gasteiger partial charge in [0.15, 0.2) is 0 Å². The van der Waals surface area contributed by atoms with Crippen LogP contribution in [0, 0.1) is 11.3 Å². The predicted molar refractivity (Wildman–Crippen MR) is 63.2 cm³/mol. The third kappa shape index (κ3) is 3.35. The normalized spacial score (nSPS) is 9.40. The van der Waals surface area contributed by atoms with Crippen molar-refractivity contribution in [3.63, 3.8) is 0 Å². The molecule has 0 fully saturated rings. The van der Waals surface area contributed by atoms with Gasteiger partial charge in [-0.1, -0.05) is 12.8 Å². The highest BCUT2D eigenvalue weighted by molar-refractivity contribution is 7.78. The molecule has 2 N–H and O–H groups in total. The zero-order valence-corrected chi connectivity index (χ0v) is 9.34. The smallest absolute Gasteiger partial charge is 0.136 e. The Labute approximate surface area is 94.8 Å². The van der Waals surface area contributed by atoms with E-state index < -0.39 is 0 Å². The Kier molecular flexibility index (Phi) is 4.81. The average Bonchev–Trinajstić information content (AvgIpc) is 2.29. The van der Waals surface area contributed by atoms with E-state index in [-0.39, 0.29) is 0 Å². The van der Waals surface area contributed by atoms with Gasteiger partial charge < -0.3 is 10.1 Å². The SMILES string of the molecule is COc1ccc(NCCNS)cc1C#N. The maximum absolute atomic E-state index is 8.86. The minimum absolute atomic E-state index is 0.529. The number of nitriles is 1. The molecule has 0 saturated heterocycles. The molecule has 0 unspecified atom stereocenters. The van der Waals surface area contributed by atoms with E-state index in [4.69, 9.17) is 10.00 Å². The predicted octanol–water partition coefficient (Wildman–Crippen LogP) is 1.41. The van der Waals surface area contributed by atoms with Gasteiger partial charge in [-0.25, -0.2) is 0 Å². The van der Waals surface area contributed by atoms with Crippen LogP contribution in [0.15, 0.2) is 18.2 Å². The van der Waals surface area contributed by atoms with Crippen LogP contribution in [0.25, 0.3) is 0 Å². The van der Waals surface area contributed by atoms with Crippen molar-refractivity contribution in [3.8, 4) is 11.8 Å². The molecule has 0 spiro atoms. The van der Waals surface area contributed by atoms with E-state index in [0.29, 0.717) is 11.3 Å². The average molecular weight is 223 g/mol. The first-order valence-electron chi connectivity index (χ1n) is 4.50. The highest BCUT2D eigenvalue weighted by Gasteiger charge is 2.02. The lowest BCUT2D eigenvalue weighted by atomic mass is 10.2. The van der Waals surface area contributed by atoms with Crippen molar-refractivity contribution in [1.29, 1.82) is 5.26 Å². The van der Waals surface area contributed by atoms with E-state index in [1.165, 1.54) is 0 Å². The maximum atomic E-state index is 8.86. The molecule has 1 rings (SSSR count). The maximum Gasteiger partial charge on any atom is 0.136 e. The van der Waals surface area contributed by atoms with Crippen LogP contribution in [-0.2, 0) is 0 Å². The molecule has 80 valence electrons. The van der Waals surface area contributed by atoms with Gasteiger partial charge in [0, 0.05) is 18.8 Å². The second-order valence-corrected chi connectivity index (χ2v) is 3.18. The molecule has 0 atom stereocenters. The number of nitrogens with one attached hydrogen (secondary N) is 2. The van der Waals surface area contributed by atoms with Crippen LogP contribution >= 0.6 is 12.8 Å². The Morgan fingerprint density at radius 3 is 2.87 bits per heavy atom. The van der Waals surface area contributed by atoms with E-state index >= 15 is 0 Å². The zero-order chi connectivity index (χ0) is 11.1. The van der Waals surface area contributed by atoms with Crippen molar-refractivity contribution >= 4 is 18.5 Å². The molecule has 0 bridgehead atoms. The quantitative estimate of drug-likeness (QED) is 0.522. The first-order valence-corrected chi connectivity index (χ1v) is 4.95. The molecule has 0 heterocycles. The van der Waals surface area contributed by atoms with Crippen LogP contribution in [-0.4, -0.2) is 20.2 Å². The third-order valence-corrected chi connectivity index (χ3v) is 2.11. The molecular weight excluding hydrogens is 210 g/mol. The van der Waals surface area contributed by atoms with Crippen molar-refractivity contribution < 1.29 is 4.74 Å². The Morgan fingerprint density at radius 2 is 2.27 bits per heavy atom. The molecule has 4 nitrogen and oxygen atoms in total. The number of hydrogen-bond acceptors (Lipinski definition) is 5. The van der Waals surface area contributed by atoms with E-state index in [1.807, 2.05) is 6.07 Å². The first-order chi connectivity index (χ1) is 7.31. The highest BCUT2D eigenvalue weighted by atomic mass is 32.1. The lowest BCUT2D eigenvalue weighted by molar-refractivity contribution is 0.413. The van der Waals surface area contributed by atoms with Gasteiger partial charge in [-0.3, -0.25) is 4.72 Å². The molecule has 0 aliphatic carbocycles. The van der Waals surface area contributed by atoms with E-state index in [1.54, 1.807) is 19.2 Å². The molecule has 0 amide bonds. The zero-order valence-electron chi connectivity index (χ0n) is 8.45. The van der Waals surface area contributed by atoms with Gasteiger partial charge in [-0.15, -0.1) is 0 Å². The number of ether oxygens (including phenoxy) is 1. The summed E-state index contributed by atoms with van der Waals surface area (Å²) in [4.78, 5) is 0. The summed E-state index contributed by atoms with van der Waals surface area (Å²) in [5.74, 6) is 0.593. The second-order valence-electron chi connectivity index (χ2n) is 2.86. The van der Waals surface area contributed by atoms with Crippen LogP contribution in [0.4, 0.5) is 5.69 Å². The Morgan fingerprint density at radius 1 is 1.47 bits per heavy atom. The summed E-state index contributed by atoms with van der Waals surface area (Å²) in [6.45, 7) is 1.50. The van der Waals surface area contributed by atoms with E-state index in [2.05, 4.69) is 28.9 Å². The molecule has 1 aromatic rings. The van der Waals surface area contributed by atoms with Crippen LogP contribution in [0.3, 0.4) is 0 Å². The minimum atomic E-state index is 0.529. The van der Waals surface area contributed by atoms with Crippen molar-refractivity contribution in [2.24, 2.45) is 0 Å². The molecule has 15 heavy (non-hydrogen) atoms. The standard InChI is InChI=1S/C10H13N3OS/c1-14-10-3-2-9(6-8(10)7-11)12-4-5-13-15/h2-3,6,12-13,15H,4-5H2,1H3. The van der Waals surface area contributed by atoms with E-state index in [0.717, 1.165) is 18.8 Å². The summed E-state index contributed by atoms with van der Waals surface area (Å²) in [5.41, 5.74) is 1.43. The van der Waals surface area contributed by atoms with Gasteiger partial charge in [0.05, 0.1) is 12.7 Å². The van der Waals surface area contributed by atoms with Crippen LogP contribution in [0.5, 0.6) is 5.75 Å². The van der Waals surface area contributed by atoms with Gasteiger partial charge in [0.1, 0.15) is 11.8 Å². The van der Waals surface area contributed by atoms with Crippen molar-refractivity contribution in [2.45, 2.75) is 0 Å². The van der Waals surface area contributed by atoms with Gasteiger partial charge in [0.2, 0.25) is 0 Å². The van der Waals surface area contributed by atoms with Crippen molar-refractivity contribution in [1.82, 2.24) is 4.72 Å². The molecule has 1 aromatic carbocycles. The first kappa shape index (κ1) is 11.7. The number of methoxy groups -OCH3 is 1. The number of rotatable bonds is 5. The fourth-order valence-corrected chi connectivity index (χ4v) is 1.28. The molecule has 0 saturated carbocycles. The van der Waals surface area contributed by atoms with Gasteiger partial charge in [-0.2, -0.15) is 5.26 Å². The van der Waals surface area contributed by atoms with Gasteiger partial charge in [0.25, 0.3) is 0 Å². The molecule has 5 heteroatoms. The molecule has 0 radical (unpaired) electrons. The summed E-state index contributed by atoms with van der Waals surface area (Å²) < 4.78 is 7.77. The third-order valence-electron chi connectivity index (χ3n) is 1.89. The summed E-state index contributed by atoms with van der Waals surface area (Å²) in [6, 6.07) is 7.49. The van der Waals surface area contributed by atoms with Crippen LogP contribution < -0.4 is 14.8 Å². The lowest BCUT2D eigenvalue weighted by Gasteiger charge is -2.08. The fraction of sp³-hybridized carbons (Fsp3) is 0.300. The summed E-state index contributed by atoms with van der Waals surface area (Å²) >= 11 is 3.87. The molecule has 0 aromatic heterocycles. The monoisotopic (exact) mass is 223 g/mol. The number of hydrogen-bond donors (Lipinski definition) is 3. The van der Waals surface area contributed by atoms with Crippen LogP contribution in [0.2, 0.25) is 0 Å². The lowest BCUT2D eigenvalue weighted by Crippen LogP contribution is -2.14. The molecule has 0 aliphatic heterocycles. The second kappa shape index (κ2) is 6.17. The number of thiol groups is 1. The Balaban J connectivity index is 2.71. The summed E-state index contributed by atoms with van der Waals surface area (Å²) in [6.07, 6.45) is 0. The van der Waals surface area contributed by atoms with Crippen molar-refractivity contribution in [2.75, 3.05) is 25.5 Å². The number of anilines is 1. The largest absolute Gasteiger partial charge is 0.495 e. The van der Waals surface area contributed by atoms with Gasteiger partial charge >= 0.3 is 0 Å². The fourth-order valence-electron chi connectivity index (χ4n) is 1.17. The topological polar surface area (TPSA) is 57.1 Å². The summed E-state index contributed by atoms with van der Waals surface area (Å²) in [5, 5.41) is 12.0. The van der Waals surface area contributed by atoms with Crippen LogP contribution in [0.1, 0.15) is 5.56 Å². The van der Waals surface area contributed by atoms with Crippen molar-refractivity contribution in [3.05, 3.63) is 23.8 Å². The van der Waals surface area contributed by atoms with E-state index in [9.17, 15) is 0 Å². The Hall–Kier alpha value is -1.38. The summed E-state index contributed by atoms with van der Waals surface area (Å²) in [7, 11) is 1.55. The molecule has 0 aliphatic rings.